The third kappa shape index (κ3) is 42.4. The maximum Gasteiger partial charge on any atom is 0.306 e. The summed E-state index contributed by atoms with van der Waals surface area (Å²) in [6, 6.07) is 0. The summed E-state index contributed by atoms with van der Waals surface area (Å²) < 4.78 is 16.7. The Balaban J connectivity index is 4.40. The standard InChI is InChI=1S/C49H86O6/c1-4-7-10-13-16-19-22-23-24-25-28-30-33-36-39-42-48(51)54-45-46(55-49(52)43-40-37-34-31-27-21-18-15-12-9-6-3)44-53-47(50)41-38-35-32-29-26-20-17-14-11-8-5-2/h14-19,23-24,46H,4-13,20-22,25-45H2,1-3H3/b17-14-,18-15-,19-16-,24-23-. The molecule has 0 heterocycles. The molecule has 0 spiro atoms. The first-order valence-electron chi connectivity index (χ1n) is 23.1. The molecule has 0 rings (SSSR count). The normalized spacial score (nSPS) is 12.4. The van der Waals surface area contributed by atoms with Crippen molar-refractivity contribution in [3.8, 4) is 0 Å². The van der Waals surface area contributed by atoms with Crippen LogP contribution in [0.5, 0.6) is 0 Å². The minimum absolute atomic E-state index is 0.0856. The van der Waals surface area contributed by atoms with Gasteiger partial charge in [0.15, 0.2) is 6.10 Å². The number of ether oxygens (including phenoxy) is 3. The molecule has 0 aromatic carbocycles. The lowest BCUT2D eigenvalue weighted by molar-refractivity contribution is -0.167. The van der Waals surface area contributed by atoms with E-state index in [1.165, 1.54) is 89.9 Å². The van der Waals surface area contributed by atoms with Crippen LogP contribution < -0.4 is 0 Å². The number of rotatable bonds is 41. The van der Waals surface area contributed by atoms with E-state index in [1.807, 2.05) is 0 Å². The first-order chi connectivity index (χ1) is 27.0. The van der Waals surface area contributed by atoms with Gasteiger partial charge in [0.05, 0.1) is 0 Å². The summed E-state index contributed by atoms with van der Waals surface area (Å²) in [4.78, 5) is 37.7. The molecule has 0 radical (unpaired) electrons. The van der Waals surface area contributed by atoms with Crippen molar-refractivity contribution in [2.75, 3.05) is 13.2 Å². The van der Waals surface area contributed by atoms with Crippen LogP contribution in [0.15, 0.2) is 48.6 Å². The predicted molar refractivity (Wildman–Crippen MR) is 233 cm³/mol. The van der Waals surface area contributed by atoms with Crippen molar-refractivity contribution < 1.29 is 28.6 Å². The van der Waals surface area contributed by atoms with Gasteiger partial charge in [-0.05, 0) is 89.9 Å². The summed E-state index contributed by atoms with van der Waals surface area (Å²) in [6.45, 7) is 6.50. The minimum atomic E-state index is -0.783. The van der Waals surface area contributed by atoms with Crippen LogP contribution in [0.2, 0.25) is 0 Å². The van der Waals surface area contributed by atoms with Crippen LogP contribution in [-0.2, 0) is 28.6 Å². The maximum absolute atomic E-state index is 12.7. The number of allylic oxidation sites excluding steroid dienone is 8. The predicted octanol–water partition coefficient (Wildman–Crippen LogP) is 14.8. The van der Waals surface area contributed by atoms with Crippen LogP contribution in [0.3, 0.4) is 0 Å². The van der Waals surface area contributed by atoms with E-state index in [0.29, 0.717) is 19.3 Å². The van der Waals surface area contributed by atoms with Crippen LogP contribution in [-0.4, -0.2) is 37.2 Å². The molecular formula is C49H86O6. The lowest BCUT2D eigenvalue weighted by atomic mass is 10.1. The van der Waals surface area contributed by atoms with Crippen molar-refractivity contribution in [2.45, 2.75) is 232 Å². The highest BCUT2D eigenvalue weighted by Gasteiger charge is 2.19. The van der Waals surface area contributed by atoms with E-state index in [0.717, 1.165) is 96.3 Å². The Morgan fingerprint density at radius 3 is 1.07 bits per heavy atom. The number of carbonyl (C=O) groups excluding carboxylic acids is 3. The van der Waals surface area contributed by atoms with Gasteiger partial charge >= 0.3 is 17.9 Å². The molecule has 0 amide bonds. The molecule has 0 aromatic heterocycles. The average molecular weight is 771 g/mol. The number of unbranched alkanes of at least 4 members (excludes halogenated alkanes) is 22. The molecule has 0 N–H and O–H groups in total. The SMILES string of the molecule is CCCC/C=C\CCCCCCCC(=O)OCC(COC(=O)CCCCCCC/C=C\C/C=C\CCCCC)OC(=O)CCCCCCC/C=C\CCCC. The second-order valence-electron chi connectivity index (χ2n) is 15.3. The Morgan fingerprint density at radius 1 is 0.364 bits per heavy atom. The van der Waals surface area contributed by atoms with Gasteiger partial charge in [-0.1, -0.05) is 166 Å². The molecule has 1 unspecified atom stereocenters. The molecule has 0 aliphatic rings. The molecule has 0 bridgehead atoms. The summed E-state index contributed by atoms with van der Waals surface area (Å²) >= 11 is 0. The smallest absolute Gasteiger partial charge is 0.306 e. The van der Waals surface area contributed by atoms with E-state index >= 15 is 0 Å². The van der Waals surface area contributed by atoms with Crippen LogP contribution in [0.4, 0.5) is 0 Å². The fourth-order valence-corrected chi connectivity index (χ4v) is 6.20. The lowest BCUT2D eigenvalue weighted by Gasteiger charge is -2.18. The highest BCUT2D eigenvalue weighted by molar-refractivity contribution is 5.71. The van der Waals surface area contributed by atoms with E-state index in [1.54, 1.807) is 0 Å². The van der Waals surface area contributed by atoms with Crippen molar-refractivity contribution in [1.29, 1.82) is 0 Å². The number of esters is 3. The van der Waals surface area contributed by atoms with E-state index in [-0.39, 0.29) is 31.1 Å². The monoisotopic (exact) mass is 771 g/mol. The van der Waals surface area contributed by atoms with Crippen molar-refractivity contribution in [1.82, 2.24) is 0 Å². The fraction of sp³-hybridized carbons (Fsp3) is 0.776. The van der Waals surface area contributed by atoms with Gasteiger partial charge in [0, 0.05) is 19.3 Å². The molecule has 6 heteroatoms. The van der Waals surface area contributed by atoms with E-state index in [4.69, 9.17) is 14.2 Å². The molecule has 1 atom stereocenters. The molecule has 0 aliphatic heterocycles. The number of hydrogen-bond acceptors (Lipinski definition) is 6. The molecular weight excluding hydrogens is 685 g/mol. The summed E-state index contributed by atoms with van der Waals surface area (Å²) in [6.07, 6.45) is 50.9. The van der Waals surface area contributed by atoms with Gasteiger partial charge in [-0.3, -0.25) is 14.4 Å². The van der Waals surface area contributed by atoms with Gasteiger partial charge in [-0.15, -0.1) is 0 Å². The van der Waals surface area contributed by atoms with Crippen molar-refractivity contribution >= 4 is 17.9 Å². The Hall–Kier alpha value is -2.63. The zero-order valence-corrected chi connectivity index (χ0v) is 36.2. The van der Waals surface area contributed by atoms with Crippen molar-refractivity contribution in [2.24, 2.45) is 0 Å². The van der Waals surface area contributed by atoms with Crippen LogP contribution >= 0.6 is 0 Å². The summed E-state index contributed by atoms with van der Waals surface area (Å²) in [5.41, 5.74) is 0. The number of hydrogen-bond donors (Lipinski definition) is 0. The van der Waals surface area contributed by atoms with Gasteiger partial charge in [0.1, 0.15) is 13.2 Å². The van der Waals surface area contributed by atoms with Gasteiger partial charge in [-0.2, -0.15) is 0 Å². The summed E-state index contributed by atoms with van der Waals surface area (Å²) in [7, 11) is 0. The molecule has 55 heavy (non-hydrogen) atoms. The molecule has 0 saturated heterocycles. The average Bonchev–Trinajstić information content (AvgIpc) is 3.18. The zero-order chi connectivity index (χ0) is 40.1. The number of carbonyl (C=O) groups is 3. The van der Waals surface area contributed by atoms with Crippen molar-refractivity contribution in [3.63, 3.8) is 0 Å². The molecule has 6 nitrogen and oxygen atoms in total. The van der Waals surface area contributed by atoms with Crippen LogP contribution in [0.25, 0.3) is 0 Å². The topological polar surface area (TPSA) is 78.9 Å². The molecule has 0 aliphatic carbocycles. The van der Waals surface area contributed by atoms with Gasteiger partial charge < -0.3 is 14.2 Å². The zero-order valence-electron chi connectivity index (χ0n) is 36.2. The summed E-state index contributed by atoms with van der Waals surface area (Å²) in [5, 5.41) is 0. The lowest BCUT2D eigenvalue weighted by Crippen LogP contribution is -2.30. The van der Waals surface area contributed by atoms with Gasteiger partial charge in [-0.25, -0.2) is 0 Å². The maximum atomic E-state index is 12.7. The first kappa shape index (κ1) is 52.4. The quantitative estimate of drug-likeness (QED) is 0.0267. The molecule has 318 valence electrons. The minimum Gasteiger partial charge on any atom is -0.462 e. The summed E-state index contributed by atoms with van der Waals surface area (Å²) in [5.74, 6) is -0.920. The first-order valence-corrected chi connectivity index (χ1v) is 23.1. The van der Waals surface area contributed by atoms with Crippen LogP contribution in [0.1, 0.15) is 226 Å². The van der Waals surface area contributed by atoms with Gasteiger partial charge in [0.2, 0.25) is 0 Å². The molecule has 0 saturated carbocycles. The van der Waals surface area contributed by atoms with E-state index < -0.39 is 6.10 Å². The van der Waals surface area contributed by atoms with Gasteiger partial charge in [0.25, 0.3) is 0 Å². The second kappa shape index (κ2) is 44.1. The second-order valence-corrected chi connectivity index (χ2v) is 15.3. The van der Waals surface area contributed by atoms with E-state index in [2.05, 4.69) is 69.4 Å². The third-order valence-corrected chi connectivity index (χ3v) is 9.78. The Bertz CT molecular complexity index is 980. The molecule has 0 aromatic rings. The highest BCUT2D eigenvalue weighted by atomic mass is 16.6. The molecule has 0 fully saturated rings. The Morgan fingerprint density at radius 2 is 0.673 bits per heavy atom. The Labute approximate surface area is 339 Å². The fourth-order valence-electron chi connectivity index (χ4n) is 6.20. The Kier molecular flexibility index (Phi) is 42.0. The van der Waals surface area contributed by atoms with Crippen LogP contribution in [0, 0.1) is 0 Å². The van der Waals surface area contributed by atoms with E-state index in [9.17, 15) is 14.4 Å². The third-order valence-electron chi connectivity index (χ3n) is 9.78. The highest BCUT2D eigenvalue weighted by Crippen LogP contribution is 2.13. The van der Waals surface area contributed by atoms with Crippen molar-refractivity contribution in [3.05, 3.63) is 48.6 Å². The largest absolute Gasteiger partial charge is 0.462 e.